The normalized spacial score (nSPS) is 30.1. The summed E-state index contributed by atoms with van der Waals surface area (Å²) in [6.07, 6.45) is 2.84. The second-order valence-corrected chi connectivity index (χ2v) is 4.70. The quantitative estimate of drug-likeness (QED) is 0.787. The van der Waals surface area contributed by atoms with Gasteiger partial charge in [0.25, 0.3) is 0 Å². The minimum Gasteiger partial charge on any atom is -0.316 e. The van der Waals surface area contributed by atoms with Crippen molar-refractivity contribution >= 4 is 0 Å². The van der Waals surface area contributed by atoms with Crippen molar-refractivity contribution in [3.8, 4) is 0 Å². The fourth-order valence-corrected chi connectivity index (χ4v) is 2.56. The molecule has 2 atom stereocenters. The lowest BCUT2D eigenvalue weighted by Gasteiger charge is -2.19. The zero-order valence-corrected chi connectivity index (χ0v) is 9.32. The van der Waals surface area contributed by atoms with Gasteiger partial charge in [0.2, 0.25) is 0 Å². The van der Waals surface area contributed by atoms with Crippen LogP contribution in [0.3, 0.4) is 0 Å². The zero-order valence-electron chi connectivity index (χ0n) is 9.32. The number of rotatable bonds is 1. The van der Waals surface area contributed by atoms with Crippen molar-refractivity contribution in [1.82, 2.24) is 20.1 Å². The van der Waals surface area contributed by atoms with E-state index in [1.807, 2.05) is 0 Å². The number of alkyl halides is 1. The van der Waals surface area contributed by atoms with E-state index < -0.39 is 6.17 Å². The van der Waals surface area contributed by atoms with E-state index in [1.165, 1.54) is 0 Å². The van der Waals surface area contributed by atoms with Gasteiger partial charge < -0.3 is 5.32 Å². The van der Waals surface area contributed by atoms with Crippen molar-refractivity contribution in [2.24, 2.45) is 0 Å². The van der Waals surface area contributed by atoms with E-state index in [9.17, 15) is 4.39 Å². The maximum Gasteiger partial charge on any atom is 0.161 e. The minimum absolute atomic E-state index is 0.374. The summed E-state index contributed by atoms with van der Waals surface area (Å²) in [6.45, 7) is 2.83. The number of hydrogen-bond donors (Lipinski definition) is 1. The first-order valence-corrected chi connectivity index (χ1v) is 6.14. The van der Waals surface area contributed by atoms with E-state index in [-0.39, 0.29) is 0 Å². The smallest absolute Gasteiger partial charge is 0.161 e. The van der Waals surface area contributed by atoms with Crippen LogP contribution < -0.4 is 5.32 Å². The van der Waals surface area contributed by atoms with Crippen LogP contribution in [0.1, 0.15) is 49.4 Å². The van der Waals surface area contributed by atoms with Crippen LogP contribution in [0.5, 0.6) is 0 Å². The van der Waals surface area contributed by atoms with Gasteiger partial charge >= 0.3 is 0 Å². The Labute approximate surface area is 94.2 Å². The average molecular weight is 224 g/mol. The van der Waals surface area contributed by atoms with Crippen LogP contribution in [0, 0.1) is 0 Å². The van der Waals surface area contributed by atoms with E-state index in [1.54, 1.807) is 4.68 Å². The van der Waals surface area contributed by atoms with Gasteiger partial charge in [-0.05, 0) is 32.2 Å². The van der Waals surface area contributed by atoms with Crippen LogP contribution >= 0.6 is 0 Å². The van der Waals surface area contributed by atoms with E-state index in [0.29, 0.717) is 18.2 Å². The van der Waals surface area contributed by atoms with Gasteiger partial charge in [0.15, 0.2) is 17.8 Å². The molecule has 0 amide bonds. The summed E-state index contributed by atoms with van der Waals surface area (Å²) in [5.41, 5.74) is 0. The maximum atomic E-state index is 13.6. The van der Waals surface area contributed by atoms with E-state index in [2.05, 4.69) is 15.4 Å². The monoisotopic (exact) mass is 224 g/mol. The van der Waals surface area contributed by atoms with Gasteiger partial charge in [-0.1, -0.05) is 0 Å². The van der Waals surface area contributed by atoms with Crippen LogP contribution in [0.25, 0.3) is 0 Å². The Balaban J connectivity index is 1.85. The second-order valence-electron chi connectivity index (χ2n) is 4.70. The lowest BCUT2D eigenvalue weighted by molar-refractivity contribution is 0.252. The van der Waals surface area contributed by atoms with E-state index >= 15 is 0 Å². The highest BCUT2D eigenvalue weighted by Gasteiger charge is 2.27. The van der Waals surface area contributed by atoms with Gasteiger partial charge in [0.1, 0.15) is 0 Å². The molecule has 0 aromatic carbocycles. The third kappa shape index (κ3) is 1.73. The molecular weight excluding hydrogens is 207 g/mol. The zero-order chi connectivity index (χ0) is 11.0. The predicted molar refractivity (Wildman–Crippen MR) is 57.9 cm³/mol. The molecule has 4 nitrogen and oxygen atoms in total. The molecule has 0 radical (unpaired) electrons. The summed E-state index contributed by atoms with van der Waals surface area (Å²) in [5.74, 6) is 1.76. The predicted octanol–water partition coefficient (Wildman–Crippen LogP) is 1.55. The van der Waals surface area contributed by atoms with Gasteiger partial charge in [-0.25, -0.2) is 14.1 Å². The number of nitrogens with zero attached hydrogens (tertiary/aromatic N) is 3. The Kier molecular flexibility index (Phi) is 2.63. The van der Waals surface area contributed by atoms with Crippen molar-refractivity contribution in [1.29, 1.82) is 0 Å². The van der Waals surface area contributed by atoms with Crippen LogP contribution in [-0.4, -0.2) is 27.9 Å². The standard InChI is InChI=1S/C11H17FN4/c12-9-4-2-6-16-11(9)14-10(15-16)8-3-1-5-13-7-8/h8-9,13H,1-7H2. The first-order valence-electron chi connectivity index (χ1n) is 6.14. The van der Waals surface area contributed by atoms with Gasteiger partial charge in [0.05, 0.1) is 0 Å². The summed E-state index contributed by atoms with van der Waals surface area (Å²) in [4.78, 5) is 4.39. The van der Waals surface area contributed by atoms with Crippen LogP contribution in [-0.2, 0) is 6.54 Å². The van der Waals surface area contributed by atoms with Gasteiger partial charge in [0, 0.05) is 19.0 Å². The Morgan fingerprint density at radius 3 is 3.00 bits per heavy atom. The highest BCUT2D eigenvalue weighted by Crippen LogP contribution is 2.29. The summed E-state index contributed by atoms with van der Waals surface area (Å²) >= 11 is 0. The highest BCUT2D eigenvalue weighted by atomic mass is 19.1. The molecule has 1 aromatic heterocycles. The van der Waals surface area contributed by atoms with Crippen LogP contribution in [0.4, 0.5) is 4.39 Å². The SMILES string of the molecule is FC1CCCn2nc(C3CCCNC3)nc21. The second kappa shape index (κ2) is 4.13. The van der Waals surface area contributed by atoms with Crippen LogP contribution in [0.15, 0.2) is 0 Å². The molecular formula is C11H17FN4. The number of halogens is 1. The fourth-order valence-electron chi connectivity index (χ4n) is 2.56. The molecule has 1 aromatic rings. The third-order valence-corrected chi connectivity index (χ3v) is 3.49. The molecule has 0 spiro atoms. The molecule has 1 N–H and O–H groups in total. The molecule has 3 heterocycles. The summed E-state index contributed by atoms with van der Waals surface area (Å²) in [5, 5.41) is 7.79. The minimum atomic E-state index is -0.911. The number of piperidine rings is 1. The molecule has 0 saturated carbocycles. The molecule has 0 aliphatic carbocycles. The van der Waals surface area contributed by atoms with Gasteiger partial charge in [-0.3, -0.25) is 0 Å². The summed E-state index contributed by atoms with van der Waals surface area (Å²) in [7, 11) is 0. The van der Waals surface area contributed by atoms with Crippen molar-refractivity contribution in [3.63, 3.8) is 0 Å². The van der Waals surface area contributed by atoms with Gasteiger partial charge in [-0.15, -0.1) is 0 Å². The summed E-state index contributed by atoms with van der Waals surface area (Å²) < 4.78 is 15.4. The van der Waals surface area contributed by atoms with Crippen LogP contribution in [0.2, 0.25) is 0 Å². The molecule has 1 fully saturated rings. The molecule has 16 heavy (non-hydrogen) atoms. The van der Waals surface area contributed by atoms with Crippen molar-refractivity contribution < 1.29 is 4.39 Å². The van der Waals surface area contributed by atoms with Gasteiger partial charge in [-0.2, -0.15) is 5.10 Å². The lowest BCUT2D eigenvalue weighted by Crippen LogP contribution is -2.29. The number of aryl methyl sites for hydroxylation is 1. The molecule has 3 rings (SSSR count). The third-order valence-electron chi connectivity index (χ3n) is 3.49. The largest absolute Gasteiger partial charge is 0.316 e. The molecule has 2 unspecified atom stereocenters. The molecule has 0 bridgehead atoms. The fraction of sp³-hybridized carbons (Fsp3) is 0.818. The average Bonchev–Trinajstić information content (AvgIpc) is 2.76. The van der Waals surface area contributed by atoms with Crippen molar-refractivity contribution in [3.05, 3.63) is 11.6 Å². The lowest BCUT2D eigenvalue weighted by atomic mass is 9.99. The van der Waals surface area contributed by atoms with E-state index in [0.717, 1.165) is 44.7 Å². The molecule has 2 aliphatic rings. The number of fused-ring (bicyclic) bond motifs is 1. The van der Waals surface area contributed by atoms with E-state index in [4.69, 9.17) is 0 Å². The number of aromatic nitrogens is 3. The molecule has 2 aliphatic heterocycles. The topological polar surface area (TPSA) is 42.7 Å². The Morgan fingerprint density at radius 1 is 1.31 bits per heavy atom. The first kappa shape index (κ1) is 10.2. The Hall–Kier alpha value is -0.970. The Bertz CT molecular complexity index is 370. The van der Waals surface area contributed by atoms with Crippen molar-refractivity contribution in [2.45, 2.75) is 44.3 Å². The number of nitrogens with one attached hydrogen (secondary N) is 1. The molecule has 1 saturated heterocycles. The Morgan fingerprint density at radius 2 is 2.25 bits per heavy atom. The highest BCUT2D eigenvalue weighted by molar-refractivity contribution is 5.05. The molecule has 88 valence electrons. The first-order chi connectivity index (χ1) is 7.84. The maximum absolute atomic E-state index is 13.6. The summed E-state index contributed by atoms with van der Waals surface area (Å²) in [6, 6.07) is 0. The molecule has 5 heteroatoms. The van der Waals surface area contributed by atoms with Crippen molar-refractivity contribution in [2.75, 3.05) is 13.1 Å². The number of hydrogen-bond acceptors (Lipinski definition) is 3.